The predicted octanol–water partition coefficient (Wildman–Crippen LogP) is 10.8. The highest BCUT2D eigenvalue weighted by Crippen LogP contribution is 2.28. The van der Waals surface area contributed by atoms with Crippen LogP contribution in [0.2, 0.25) is 5.02 Å². The van der Waals surface area contributed by atoms with Crippen LogP contribution in [0.4, 0.5) is 5.69 Å². The van der Waals surface area contributed by atoms with Gasteiger partial charge in [-0.15, -0.1) is 0 Å². The summed E-state index contributed by atoms with van der Waals surface area (Å²) in [6.07, 6.45) is 13.5. The number of ether oxygens (including phenoxy) is 1. The maximum Gasteiger partial charge on any atom is 0.121 e. The van der Waals surface area contributed by atoms with Gasteiger partial charge in [-0.2, -0.15) is 0 Å². The summed E-state index contributed by atoms with van der Waals surface area (Å²) in [6, 6.07) is 16.3. The van der Waals surface area contributed by atoms with Crippen molar-refractivity contribution in [2.24, 2.45) is 23.7 Å². The predicted molar refractivity (Wildman–Crippen MR) is 159 cm³/mol. The molecule has 0 aliphatic rings. The lowest BCUT2D eigenvalue weighted by Crippen LogP contribution is -2.06. The van der Waals surface area contributed by atoms with Crippen molar-refractivity contribution in [3.05, 3.63) is 59.1 Å². The summed E-state index contributed by atoms with van der Waals surface area (Å²) in [7, 11) is 0. The van der Waals surface area contributed by atoms with Crippen LogP contribution < -0.4 is 10.1 Å². The smallest absolute Gasteiger partial charge is 0.121 e. The van der Waals surface area contributed by atoms with Crippen molar-refractivity contribution in [3.63, 3.8) is 0 Å². The highest BCUT2D eigenvalue weighted by Gasteiger charge is 2.09. The molecule has 0 spiro atoms. The van der Waals surface area contributed by atoms with E-state index in [4.69, 9.17) is 16.3 Å². The summed E-state index contributed by atoms with van der Waals surface area (Å²) in [6.45, 7) is 13.4. The Balaban J connectivity index is 1.56. The van der Waals surface area contributed by atoms with Gasteiger partial charge < -0.3 is 10.1 Å². The minimum atomic E-state index is 0.696. The van der Waals surface area contributed by atoms with Crippen molar-refractivity contribution in [2.45, 2.75) is 105 Å². The summed E-state index contributed by atoms with van der Waals surface area (Å²) >= 11 is 6.39. The number of nitrogens with one attached hydrogen (secondary N) is 1. The Morgan fingerprint density at radius 2 is 1.25 bits per heavy atom. The largest absolute Gasteiger partial charge is 0.494 e. The van der Waals surface area contributed by atoms with E-state index in [0.29, 0.717) is 5.92 Å². The molecule has 1 N–H and O–H groups in total. The monoisotopic (exact) mass is 513 g/mol. The first-order valence-corrected chi connectivity index (χ1v) is 14.9. The maximum absolute atomic E-state index is 6.39. The third kappa shape index (κ3) is 13.6. The molecule has 2 aromatic carbocycles. The Hall–Kier alpha value is -1.67. The molecular formula is C33H52ClNO. The second-order valence-corrected chi connectivity index (χ2v) is 12.0. The van der Waals surface area contributed by atoms with Crippen LogP contribution in [0, 0.1) is 23.7 Å². The van der Waals surface area contributed by atoms with Gasteiger partial charge in [-0.25, -0.2) is 0 Å². The molecule has 0 bridgehead atoms. The molecule has 0 radical (unpaired) electrons. The molecule has 0 aliphatic carbocycles. The molecule has 2 rings (SSSR count). The van der Waals surface area contributed by atoms with Gasteiger partial charge in [0.05, 0.1) is 17.3 Å². The van der Waals surface area contributed by atoms with Crippen LogP contribution in [0.1, 0.15) is 104 Å². The fourth-order valence-corrected chi connectivity index (χ4v) is 5.02. The topological polar surface area (TPSA) is 21.3 Å². The van der Waals surface area contributed by atoms with E-state index in [9.17, 15) is 0 Å². The van der Waals surface area contributed by atoms with Gasteiger partial charge in [0.2, 0.25) is 0 Å². The van der Waals surface area contributed by atoms with Gasteiger partial charge in [-0.05, 0) is 47.8 Å². The average Bonchev–Trinajstić information content (AvgIpc) is 2.84. The normalized spacial score (nSPS) is 14.0. The molecule has 0 saturated heterocycles. The van der Waals surface area contributed by atoms with Crippen LogP contribution in [0.15, 0.2) is 48.5 Å². The maximum atomic E-state index is 6.39. The second kappa shape index (κ2) is 17.7. The molecule has 0 amide bonds. The summed E-state index contributed by atoms with van der Waals surface area (Å²) in [4.78, 5) is 0. The molecular weight excluding hydrogens is 462 g/mol. The Labute approximate surface area is 227 Å². The van der Waals surface area contributed by atoms with Crippen molar-refractivity contribution in [3.8, 4) is 5.75 Å². The lowest BCUT2D eigenvalue weighted by molar-refractivity contribution is 0.274. The molecule has 1 unspecified atom stereocenters. The molecule has 3 heteroatoms. The molecule has 36 heavy (non-hydrogen) atoms. The van der Waals surface area contributed by atoms with E-state index in [1.165, 1.54) is 63.4 Å². The first-order chi connectivity index (χ1) is 17.3. The van der Waals surface area contributed by atoms with Gasteiger partial charge in [0.1, 0.15) is 5.75 Å². The summed E-state index contributed by atoms with van der Waals surface area (Å²) in [5, 5.41) is 4.15. The highest BCUT2D eigenvalue weighted by molar-refractivity contribution is 6.33. The quantitative estimate of drug-likeness (QED) is 0.201. The first kappa shape index (κ1) is 30.6. The fourth-order valence-electron chi connectivity index (χ4n) is 4.84. The van der Waals surface area contributed by atoms with Crippen LogP contribution in [-0.4, -0.2) is 6.61 Å². The van der Waals surface area contributed by atoms with Crippen molar-refractivity contribution in [1.29, 1.82) is 0 Å². The van der Waals surface area contributed by atoms with Gasteiger partial charge in [0.25, 0.3) is 0 Å². The van der Waals surface area contributed by atoms with Gasteiger partial charge in [0.15, 0.2) is 0 Å². The van der Waals surface area contributed by atoms with E-state index in [1.807, 2.05) is 24.3 Å². The van der Waals surface area contributed by atoms with Crippen molar-refractivity contribution in [2.75, 3.05) is 11.9 Å². The molecule has 2 nitrogen and oxygen atoms in total. The Kier molecular flexibility index (Phi) is 15.0. The molecule has 0 aromatic heterocycles. The third-order valence-electron chi connectivity index (χ3n) is 7.41. The summed E-state index contributed by atoms with van der Waals surface area (Å²) < 4.78 is 6.07. The average molecular weight is 514 g/mol. The second-order valence-electron chi connectivity index (χ2n) is 11.6. The van der Waals surface area contributed by atoms with Crippen LogP contribution >= 0.6 is 11.6 Å². The van der Waals surface area contributed by atoms with Crippen LogP contribution in [0.25, 0.3) is 0 Å². The lowest BCUT2D eigenvalue weighted by Gasteiger charge is -2.17. The molecule has 0 aliphatic heterocycles. The van der Waals surface area contributed by atoms with E-state index < -0.39 is 0 Å². The van der Waals surface area contributed by atoms with E-state index in [2.05, 4.69) is 64.2 Å². The van der Waals surface area contributed by atoms with Gasteiger partial charge in [0, 0.05) is 12.6 Å². The number of rotatable bonds is 19. The first-order valence-electron chi connectivity index (χ1n) is 14.5. The van der Waals surface area contributed by atoms with Crippen molar-refractivity contribution >= 4 is 17.3 Å². The molecule has 3 atom stereocenters. The zero-order valence-corrected chi connectivity index (χ0v) is 24.5. The van der Waals surface area contributed by atoms with E-state index in [1.54, 1.807) is 0 Å². The zero-order chi connectivity index (χ0) is 26.2. The fraction of sp³-hybridized carbons (Fsp3) is 0.636. The number of hydrogen-bond acceptors (Lipinski definition) is 2. The Morgan fingerprint density at radius 1 is 0.694 bits per heavy atom. The van der Waals surface area contributed by atoms with Crippen LogP contribution in [-0.2, 0) is 6.54 Å². The minimum absolute atomic E-state index is 0.696. The highest BCUT2D eigenvalue weighted by atomic mass is 35.5. The van der Waals surface area contributed by atoms with Crippen LogP contribution in [0.5, 0.6) is 5.75 Å². The van der Waals surface area contributed by atoms with E-state index >= 15 is 0 Å². The third-order valence-corrected chi connectivity index (χ3v) is 7.74. The Morgan fingerprint density at radius 3 is 1.83 bits per heavy atom. The number of benzene rings is 2. The lowest BCUT2D eigenvalue weighted by atomic mass is 9.91. The number of hydrogen-bond donors (Lipinski definition) is 1. The molecule has 2 aromatic rings. The molecule has 0 saturated carbocycles. The van der Waals surface area contributed by atoms with Crippen molar-refractivity contribution < 1.29 is 4.74 Å². The van der Waals surface area contributed by atoms with Gasteiger partial charge in [-0.1, -0.05) is 134 Å². The molecule has 202 valence electrons. The minimum Gasteiger partial charge on any atom is -0.494 e. The standard InChI is InChI=1S/C33H52ClNO/c1-26(2)12-9-13-27(3)14-10-15-28(4)16-11-17-29(5)22-23-36-31-20-21-32(34)33(24-31)35-25-30-18-7-6-8-19-30/h6-8,18-21,24,26-29,35H,9-17,22-23,25H2,1-5H3/t27-,28-,29?/m1/s1. The summed E-state index contributed by atoms with van der Waals surface area (Å²) in [5.41, 5.74) is 2.15. The molecule has 0 fully saturated rings. The van der Waals surface area contributed by atoms with E-state index in [0.717, 1.165) is 53.8 Å². The van der Waals surface area contributed by atoms with E-state index in [-0.39, 0.29) is 0 Å². The van der Waals surface area contributed by atoms with Gasteiger partial charge in [-0.3, -0.25) is 0 Å². The molecule has 0 heterocycles. The Bertz CT molecular complexity index is 822. The van der Waals surface area contributed by atoms with Gasteiger partial charge >= 0.3 is 0 Å². The number of anilines is 1. The van der Waals surface area contributed by atoms with Crippen molar-refractivity contribution in [1.82, 2.24) is 0 Å². The number of halogens is 1. The summed E-state index contributed by atoms with van der Waals surface area (Å²) in [5.74, 6) is 4.18. The zero-order valence-electron chi connectivity index (χ0n) is 23.7. The van der Waals surface area contributed by atoms with Crippen LogP contribution in [0.3, 0.4) is 0 Å². The SMILES string of the molecule is CC(C)CCC[C@@H](C)CCC[C@@H](C)CCCC(C)CCOc1ccc(Cl)c(NCc2ccccc2)c1.